The highest BCUT2D eigenvalue weighted by atomic mass is 32.1. The van der Waals surface area contributed by atoms with E-state index in [0.29, 0.717) is 24.8 Å². The van der Waals surface area contributed by atoms with E-state index in [1.807, 2.05) is 24.4 Å². The van der Waals surface area contributed by atoms with Gasteiger partial charge < -0.3 is 9.63 Å². The number of rotatable bonds is 6. The first-order valence-electron chi connectivity index (χ1n) is 5.53. The van der Waals surface area contributed by atoms with Crippen molar-refractivity contribution in [2.45, 2.75) is 13.5 Å². The van der Waals surface area contributed by atoms with E-state index >= 15 is 0 Å². The van der Waals surface area contributed by atoms with Gasteiger partial charge in [0.25, 0.3) is 5.89 Å². The van der Waals surface area contributed by atoms with Crippen LogP contribution in [-0.2, 0) is 6.54 Å². The molecular formula is C11H15N3O2S. The maximum absolute atomic E-state index is 8.90. The highest BCUT2D eigenvalue weighted by molar-refractivity contribution is 7.13. The number of aliphatic hydroxyl groups is 1. The Morgan fingerprint density at radius 1 is 1.53 bits per heavy atom. The number of aliphatic hydroxyl groups excluding tert-OH is 1. The number of thiophene rings is 1. The van der Waals surface area contributed by atoms with Crippen LogP contribution in [0.15, 0.2) is 22.0 Å². The lowest BCUT2D eigenvalue weighted by Crippen LogP contribution is -2.26. The second-order valence-electron chi connectivity index (χ2n) is 3.59. The van der Waals surface area contributed by atoms with Gasteiger partial charge in [-0.1, -0.05) is 18.1 Å². The Bertz CT molecular complexity index is 441. The number of hydrogen-bond donors (Lipinski definition) is 1. The van der Waals surface area contributed by atoms with Crippen molar-refractivity contribution >= 4 is 11.3 Å². The normalized spacial score (nSPS) is 11.2. The van der Waals surface area contributed by atoms with Gasteiger partial charge in [0.05, 0.1) is 18.0 Å². The molecule has 0 aliphatic heterocycles. The molecule has 0 aliphatic carbocycles. The monoisotopic (exact) mass is 253 g/mol. The minimum Gasteiger partial charge on any atom is -0.395 e. The van der Waals surface area contributed by atoms with Crippen LogP contribution >= 0.6 is 11.3 Å². The predicted octanol–water partition coefficient (Wildman–Crippen LogP) is 1.61. The van der Waals surface area contributed by atoms with Crippen molar-refractivity contribution in [3.63, 3.8) is 0 Å². The molecule has 2 heterocycles. The van der Waals surface area contributed by atoms with E-state index in [4.69, 9.17) is 9.63 Å². The first-order chi connectivity index (χ1) is 8.33. The summed E-state index contributed by atoms with van der Waals surface area (Å²) in [6, 6.07) is 3.90. The molecule has 5 nitrogen and oxygen atoms in total. The molecular weight excluding hydrogens is 238 g/mol. The van der Waals surface area contributed by atoms with Crippen molar-refractivity contribution < 1.29 is 9.63 Å². The summed E-state index contributed by atoms with van der Waals surface area (Å²) in [5.41, 5.74) is 0. The van der Waals surface area contributed by atoms with Gasteiger partial charge >= 0.3 is 0 Å². The van der Waals surface area contributed by atoms with E-state index in [9.17, 15) is 0 Å². The maximum Gasteiger partial charge on any atom is 0.268 e. The highest BCUT2D eigenvalue weighted by Crippen LogP contribution is 2.22. The van der Waals surface area contributed by atoms with Crippen molar-refractivity contribution in [3.05, 3.63) is 23.3 Å². The molecule has 17 heavy (non-hydrogen) atoms. The molecule has 2 rings (SSSR count). The van der Waals surface area contributed by atoms with E-state index in [1.54, 1.807) is 11.3 Å². The number of hydrogen-bond acceptors (Lipinski definition) is 6. The van der Waals surface area contributed by atoms with E-state index in [0.717, 1.165) is 11.4 Å². The van der Waals surface area contributed by atoms with Crippen molar-refractivity contribution in [1.29, 1.82) is 0 Å². The molecule has 0 amide bonds. The minimum atomic E-state index is 0.142. The number of aromatic nitrogens is 2. The fraction of sp³-hybridized carbons (Fsp3) is 0.455. The van der Waals surface area contributed by atoms with Gasteiger partial charge in [0.2, 0.25) is 0 Å². The number of likely N-dealkylation sites (N-methyl/N-ethyl adjacent to an activating group) is 1. The fourth-order valence-electron chi connectivity index (χ4n) is 1.51. The molecule has 0 aliphatic rings. The average Bonchev–Trinajstić information content (AvgIpc) is 2.98. The largest absolute Gasteiger partial charge is 0.395 e. The molecule has 0 aromatic carbocycles. The second-order valence-corrected chi connectivity index (χ2v) is 4.53. The Morgan fingerprint density at radius 3 is 3.06 bits per heavy atom. The van der Waals surface area contributed by atoms with Gasteiger partial charge in [-0.2, -0.15) is 4.98 Å². The molecule has 92 valence electrons. The topological polar surface area (TPSA) is 62.4 Å². The van der Waals surface area contributed by atoms with Crippen LogP contribution in [0.2, 0.25) is 0 Å². The molecule has 0 saturated carbocycles. The summed E-state index contributed by atoms with van der Waals surface area (Å²) in [5, 5.41) is 14.8. The van der Waals surface area contributed by atoms with Gasteiger partial charge in [-0.15, -0.1) is 11.3 Å². The Kier molecular flexibility index (Phi) is 4.24. The van der Waals surface area contributed by atoms with E-state index in [1.165, 1.54) is 0 Å². The molecule has 0 saturated heterocycles. The molecule has 0 fully saturated rings. The van der Waals surface area contributed by atoms with Gasteiger partial charge in [-0.3, -0.25) is 4.90 Å². The van der Waals surface area contributed by atoms with Crippen LogP contribution in [0.3, 0.4) is 0 Å². The van der Waals surface area contributed by atoms with Crippen LogP contribution in [-0.4, -0.2) is 39.8 Å². The summed E-state index contributed by atoms with van der Waals surface area (Å²) < 4.78 is 5.19. The molecule has 1 N–H and O–H groups in total. The Hall–Kier alpha value is -1.24. The van der Waals surface area contributed by atoms with E-state index in [-0.39, 0.29) is 6.61 Å². The number of nitrogens with zero attached hydrogens (tertiary/aromatic N) is 3. The third-order valence-electron chi connectivity index (χ3n) is 2.43. The average molecular weight is 253 g/mol. The summed E-state index contributed by atoms with van der Waals surface area (Å²) >= 11 is 1.57. The van der Waals surface area contributed by atoms with E-state index < -0.39 is 0 Å². The van der Waals surface area contributed by atoms with Crippen LogP contribution in [0.4, 0.5) is 0 Å². The Morgan fingerprint density at radius 2 is 2.41 bits per heavy atom. The van der Waals surface area contributed by atoms with Gasteiger partial charge in [0.15, 0.2) is 5.82 Å². The predicted molar refractivity (Wildman–Crippen MR) is 65.6 cm³/mol. The lowest BCUT2D eigenvalue weighted by atomic mass is 10.4. The lowest BCUT2D eigenvalue weighted by Gasteiger charge is -2.16. The molecule has 0 unspecified atom stereocenters. The zero-order valence-corrected chi connectivity index (χ0v) is 10.5. The van der Waals surface area contributed by atoms with Crippen molar-refractivity contribution in [2.24, 2.45) is 0 Å². The quantitative estimate of drug-likeness (QED) is 0.847. The SMILES string of the molecule is CCN(CCO)Cc1noc(-c2cccs2)n1. The van der Waals surface area contributed by atoms with Crippen LogP contribution in [0.1, 0.15) is 12.7 Å². The lowest BCUT2D eigenvalue weighted by molar-refractivity contribution is 0.192. The zero-order valence-electron chi connectivity index (χ0n) is 9.67. The van der Waals surface area contributed by atoms with Crippen molar-refractivity contribution in [3.8, 4) is 10.8 Å². The standard InChI is InChI=1S/C11H15N3O2S/c1-2-14(5-6-15)8-10-12-11(16-13-10)9-4-3-7-17-9/h3-4,7,15H,2,5-6,8H2,1H3. The first-order valence-corrected chi connectivity index (χ1v) is 6.41. The van der Waals surface area contributed by atoms with Gasteiger partial charge in [0.1, 0.15) is 0 Å². The van der Waals surface area contributed by atoms with Crippen LogP contribution in [0.5, 0.6) is 0 Å². The summed E-state index contributed by atoms with van der Waals surface area (Å²) in [7, 11) is 0. The minimum absolute atomic E-state index is 0.142. The molecule has 0 spiro atoms. The summed E-state index contributed by atoms with van der Waals surface area (Å²) in [5.74, 6) is 1.22. The van der Waals surface area contributed by atoms with Crippen molar-refractivity contribution in [1.82, 2.24) is 15.0 Å². The smallest absolute Gasteiger partial charge is 0.268 e. The first kappa shape index (κ1) is 12.2. The maximum atomic E-state index is 8.90. The van der Waals surface area contributed by atoms with Gasteiger partial charge in [-0.25, -0.2) is 0 Å². The van der Waals surface area contributed by atoms with Crippen LogP contribution < -0.4 is 0 Å². The summed E-state index contributed by atoms with van der Waals surface area (Å²) in [6.07, 6.45) is 0. The van der Waals surface area contributed by atoms with Gasteiger partial charge in [-0.05, 0) is 18.0 Å². The van der Waals surface area contributed by atoms with Crippen LogP contribution in [0.25, 0.3) is 10.8 Å². The molecule has 2 aromatic rings. The molecule has 0 radical (unpaired) electrons. The Balaban J connectivity index is 2.03. The van der Waals surface area contributed by atoms with E-state index in [2.05, 4.69) is 15.0 Å². The second kappa shape index (κ2) is 5.90. The fourth-order valence-corrected chi connectivity index (χ4v) is 2.15. The molecule has 6 heteroatoms. The summed E-state index contributed by atoms with van der Waals surface area (Å²) in [4.78, 5) is 7.37. The van der Waals surface area contributed by atoms with Gasteiger partial charge in [0, 0.05) is 6.54 Å². The highest BCUT2D eigenvalue weighted by Gasteiger charge is 2.12. The zero-order chi connectivity index (χ0) is 12.1. The third kappa shape index (κ3) is 3.12. The third-order valence-corrected chi connectivity index (χ3v) is 3.29. The molecule has 0 atom stereocenters. The molecule has 0 bridgehead atoms. The summed E-state index contributed by atoms with van der Waals surface area (Å²) in [6.45, 7) is 4.26. The van der Waals surface area contributed by atoms with Crippen molar-refractivity contribution in [2.75, 3.05) is 19.7 Å². The Labute approximate surface area is 104 Å². The van der Waals surface area contributed by atoms with Crippen LogP contribution in [0, 0.1) is 0 Å². The molecule has 2 aromatic heterocycles.